The van der Waals surface area contributed by atoms with Gasteiger partial charge in [-0.15, -0.1) is 11.3 Å². The average Bonchev–Trinajstić information content (AvgIpc) is 3.59. The molecule has 2 aliphatic heterocycles. The molecule has 0 aliphatic carbocycles. The molecule has 14 heteroatoms. The number of ether oxygens (including phenoxy) is 1. The van der Waals surface area contributed by atoms with Gasteiger partial charge in [0.05, 0.1) is 11.4 Å². The van der Waals surface area contributed by atoms with Gasteiger partial charge in [-0.25, -0.2) is 0 Å². The van der Waals surface area contributed by atoms with E-state index in [0.717, 1.165) is 29.0 Å². The molecular weight excluding hydrogens is 639 g/mol. The maximum absolute atomic E-state index is 14.3. The van der Waals surface area contributed by atoms with E-state index in [4.69, 9.17) is 14.5 Å². The molecule has 1 aromatic heterocycles. The minimum absolute atomic E-state index is 0.138. The zero-order valence-electron chi connectivity index (χ0n) is 25.8. The van der Waals surface area contributed by atoms with Gasteiger partial charge in [0.2, 0.25) is 11.8 Å². The van der Waals surface area contributed by atoms with Crippen molar-refractivity contribution in [3.63, 3.8) is 0 Å². The van der Waals surface area contributed by atoms with Crippen molar-refractivity contribution >= 4 is 46.7 Å². The Morgan fingerprint density at radius 1 is 1.04 bits per heavy atom. The van der Waals surface area contributed by atoms with Gasteiger partial charge in [-0.1, -0.05) is 57.2 Å². The second-order valence-corrected chi connectivity index (χ2v) is 15.6. The summed E-state index contributed by atoms with van der Waals surface area (Å²) in [5, 5.41) is 3.03. The van der Waals surface area contributed by atoms with E-state index >= 15 is 0 Å². The molecule has 0 spiro atoms. The van der Waals surface area contributed by atoms with Gasteiger partial charge >= 0.3 is 13.3 Å². The van der Waals surface area contributed by atoms with Gasteiger partial charge in [0, 0.05) is 30.0 Å². The summed E-state index contributed by atoms with van der Waals surface area (Å²) in [4.78, 5) is 63.2. The Balaban J connectivity index is 1.33. The van der Waals surface area contributed by atoms with E-state index in [-0.39, 0.29) is 28.2 Å². The molecule has 3 atom stereocenters. The highest BCUT2D eigenvalue weighted by Gasteiger charge is 2.50. The molecule has 2 fully saturated rings. The molecule has 3 amide bonds. The number of fused-ring (bicyclic) bond motifs is 1. The lowest BCUT2D eigenvalue weighted by Gasteiger charge is -2.36. The highest BCUT2D eigenvalue weighted by molar-refractivity contribution is 7.52. The smallest absolute Gasteiger partial charge is 0.372 e. The van der Waals surface area contributed by atoms with Crippen LogP contribution in [0.15, 0.2) is 54.6 Å². The highest BCUT2D eigenvalue weighted by atomic mass is 32.1. The van der Waals surface area contributed by atoms with Crippen LogP contribution in [0, 0.1) is 5.41 Å². The normalized spacial score (nSPS) is 20.4. The molecule has 10 nitrogen and oxygen atoms in total. The second-order valence-electron chi connectivity index (χ2n) is 12.8. The molecular formula is C32H38F2N3O7PS. The molecule has 3 N–H and O–H groups in total. The first-order chi connectivity index (χ1) is 21.6. The lowest BCUT2D eigenvalue weighted by molar-refractivity contribution is -0.146. The van der Waals surface area contributed by atoms with E-state index < -0.39 is 42.2 Å². The van der Waals surface area contributed by atoms with Crippen LogP contribution in [-0.2, 0) is 24.6 Å². The van der Waals surface area contributed by atoms with Crippen LogP contribution < -0.4 is 5.32 Å². The Morgan fingerprint density at radius 2 is 1.76 bits per heavy atom. The summed E-state index contributed by atoms with van der Waals surface area (Å²) in [6.45, 7) is 7.17. The Hall–Kier alpha value is -3.22. The van der Waals surface area contributed by atoms with E-state index in [1.165, 1.54) is 12.1 Å². The van der Waals surface area contributed by atoms with Crippen LogP contribution in [-0.4, -0.2) is 75.6 Å². The van der Waals surface area contributed by atoms with E-state index in [1.807, 2.05) is 30.3 Å². The third kappa shape index (κ3) is 7.03. The first-order valence-electron chi connectivity index (χ1n) is 15.1. The summed E-state index contributed by atoms with van der Waals surface area (Å²) in [7, 11) is -5.77. The summed E-state index contributed by atoms with van der Waals surface area (Å²) in [6.07, 6.45) is 1.53. The molecule has 46 heavy (non-hydrogen) atoms. The topological polar surface area (TPSA) is 136 Å². The number of hydrogen-bond acceptors (Lipinski definition) is 6. The van der Waals surface area contributed by atoms with Crippen molar-refractivity contribution in [2.24, 2.45) is 5.41 Å². The van der Waals surface area contributed by atoms with Crippen LogP contribution in [0.1, 0.15) is 66.9 Å². The fraction of sp³-hybridized carbons (Fsp3) is 0.469. The van der Waals surface area contributed by atoms with Crippen molar-refractivity contribution in [2.75, 3.05) is 26.2 Å². The molecule has 0 saturated carbocycles. The number of thiophene rings is 1. The van der Waals surface area contributed by atoms with Crippen LogP contribution in [0.4, 0.5) is 8.78 Å². The number of rotatable bonds is 7. The molecule has 3 heterocycles. The van der Waals surface area contributed by atoms with E-state index in [2.05, 4.69) is 5.32 Å². The number of nitrogens with zero attached hydrogens (tertiary/aromatic N) is 2. The zero-order chi connectivity index (χ0) is 33.4. The summed E-state index contributed by atoms with van der Waals surface area (Å²) in [5.74, 6) is -1.13. The molecule has 5 rings (SSSR count). The quantitative estimate of drug-likeness (QED) is 0.291. The standard InChI is InChI=1S/C32H38F2N3O7PS/c1-31(2,3)27(35-28(38)26-18-21-17-22(12-13-25(21)46-26)32(33,34)45(41,42)43)30(40)37-15-7-11-23(37)29(39)36-14-8-16-44-24(19-36)20-9-5-4-6-10-20/h4-6,9-10,12-13,17-18,23-24,27H,7-8,11,14-16,19H2,1-3H3,(H,35,38)(H2,41,42,43)/t23-,24?,27?/m0/s1. The van der Waals surface area contributed by atoms with Gasteiger partial charge < -0.3 is 29.6 Å². The predicted molar refractivity (Wildman–Crippen MR) is 170 cm³/mol. The van der Waals surface area contributed by atoms with Crippen molar-refractivity contribution in [3.8, 4) is 0 Å². The Morgan fingerprint density at radius 3 is 2.43 bits per heavy atom. The number of hydrogen-bond donors (Lipinski definition) is 3. The number of benzene rings is 2. The molecule has 2 saturated heterocycles. The maximum Gasteiger partial charge on any atom is 0.399 e. The van der Waals surface area contributed by atoms with E-state index in [9.17, 15) is 27.7 Å². The fourth-order valence-electron chi connectivity index (χ4n) is 5.92. The summed E-state index contributed by atoms with van der Waals surface area (Å²) >= 11 is 1.00. The Bertz CT molecular complexity index is 1660. The van der Waals surface area contributed by atoms with E-state index in [1.54, 1.807) is 30.6 Å². The van der Waals surface area contributed by atoms with Crippen molar-refractivity contribution in [3.05, 3.63) is 70.6 Å². The lowest BCUT2D eigenvalue weighted by Crippen LogP contribution is -2.58. The monoisotopic (exact) mass is 677 g/mol. The van der Waals surface area contributed by atoms with Crippen LogP contribution in [0.5, 0.6) is 0 Å². The molecule has 2 unspecified atom stereocenters. The third-order valence-corrected chi connectivity index (χ3v) is 10.5. The lowest BCUT2D eigenvalue weighted by atomic mass is 9.85. The first-order valence-corrected chi connectivity index (χ1v) is 17.5. The predicted octanol–water partition coefficient (Wildman–Crippen LogP) is 5.25. The summed E-state index contributed by atoms with van der Waals surface area (Å²) < 4.78 is 46.5. The number of likely N-dealkylation sites (tertiary alicyclic amines) is 1. The van der Waals surface area contributed by atoms with Crippen LogP contribution >= 0.6 is 18.9 Å². The third-order valence-electron chi connectivity index (χ3n) is 8.42. The first kappa shape index (κ1) is 34.1. The fourth-order valence-corrected chi connectivity index (χ4v) is 7.34. The van der Waals surface area contributed by atoms with Crippen molar-refractivity contribution in [1.82, 2.24) is 15.1 Å². The number of amides is 3. The van der Waals surface area contributed by atoms with Crippen LogP contribution in [0.3, 0.4) is 0 Å². The van der Waals surface area contributed by atoms with E-state index in [0.29, 0.717) is 50.2 Å². The molecule has 248 valence electrons. The van der Waals surface area contributed by atoms with Gasteiger partial charge in [0.1, 0.15) is 18.2 Å². The largest absolute Gasteiger partial charge is 0.399 e. The van der Waals surface area contributed by atoms with Gasteiger partial charge in [0.15, 0.2) is 0 Å². The van der Waals surface area contributed by atoms with Crippen molar-refractivity contribution in [1.29, 1.82) is 0 Å². The second kappa shape index (κ2) is 13.1. The average molecular weight is 678 g/mol. The molecule has 0 radical (unpaired) electrons. The molecule has 3 aromatic rings. The zero-order valence-corrected chi connectivity index (χ0v) is 27.5. The van der Waals surface area contributed by atoms with Gasteiger partial charge in [-0.3, -0.25) is 18.9 Å². The molecule has 0 bridgehead atoms. The van der Waals surface area contributed by atoms with Gasteiger partial charge in [-0.05, 0) is 53.8 Å². The van der Waals surface area contributed by atoms with Crippen LogP contribution in [0.25, 0.3) is 10.1 Å². The Labute approximate surface area is 269 Å². The number of nitrogens with one attached hydrogen (secondary N) is 1. The highest BCUT2D eigenvalue weighted by Crippen LogP contribution is 2.59. The number of carbonyl (C=O) groups is 3. The summed E-state index contributed by atoms with van der Waals surface area (Å²) in [6, 6.07) is 12.5. The molecule has 2 aromatic carbocycles. The Kier molecular flexibility index (Phi) is 9.73. The van der Waals surface area contributed by atoms with Gasteiger partial charge in [-0.2, -0.15) is 8.78 Å². The maximum atomic E-state index is 14.3. The minimum Gasteiger partial charge on any atom is -0.372 e. The van der Waals surface area contributed by atoms with Crippen molar-refractivity contribution in [2.45, 2.75) is 63.9 Å². The minimum atomic E-state index is -5.77. The van der Waals surface area contributed by atoms with Crippen molar-refractivity contribution < 1.29 is 42.3 Å². The van der Waals surface area contributed by atoms with Gasteiger partial charge in [0.25, 0.3) is 5.91 Å². The number of alkyl halides is 2. The number of halogens is 2. The number of carbonyl (C=O) groups excluding carboxylic acids is 3. The SMILES string of the molecule is CC(C)(C)C(NC(=O)c1cc2cc(C(F)(F)P(=O)(O)O)ccc2s1)C(=O)N1CCC[C@H]1C(=O)N1CCCOC(c2ccccc2)C1. The van der Waals surface area contributed by atoms with Crippen LogP contribution in [0.2, 0.25) is 0 Å². The molecule has 2 aliphatic rings. The summed E-state index contributed by atoms with van der Waals surface area (Å²) in [5.41, 5.74) is -5.02.